The summed E-state index contributed by atoms with van der Waals surface area (Å²) >= 11 is 0. The van der Waals surface area contributed by atoms with Gasteiger partial charge in [-0.05, 0) is 31.0 Å². The molecular formula is C13H14N2O2. The molecule has 2 N–H and O–H groups in total. The maximum absolute atomic E-state index is 11.9. The lowest BCUT2D eigenvalue weighted by molar-refractivity contribution is -0.143. The molecule has 3 unspecified atom stereocenters. The van der Waals surface area contributed by atoms with Gasteiger partial charge in [-0.2, -0.15) is 0 Å². The number of carbonyl (C=O) groups excluding carboxylic acids is 2. The van der Waals surface area contributed by atoms with E-state index in [-0.39, 0.29) is 29.7 Å². The van der Waals surface area contributed by atoms with Crippen molar-refractivity contribution in [3.8, 4) is 0 Å². The normalized spacial score (nSPS) is 28.2. The number of amides is 2. The van der Waals surface area contributed by atoms with Gasteiger partial charge >= 0.3 is 0 Å². The number of benzene rings is 1. The van der Waals surface area contributed by atoms with Crippen molar-refractivity contribution in [3.05, 3.63) is 29.8 Å². The van der Waals surface area contributed by atoms with Crippen molar-refractivity contribution in [3.63, 3.8) is 0 Å². The van der Waals surface area contributed by atoms with E-state index in [0.29, 0.717) is 5.69 Å². The summed E-state index contributed by atoms with van der Waals surface area (Å²) < 4.78 is 0. The minimum atomic E-state index is -0.191. The van der Waals surface area contributed by atoms with Crippen molar-refractivity contribution in [2.24, 2.45) is 11.8 Å². The van der Waals surface area contributed by atoms with E-state index < -0.39 is 0 Å². The highest BCUT2D eigenvalue weighted by Crippen LogP contribution is 2.49. The van der Waals surface area contributed by atoms with Crippen molar-refractivity contribution in [2.75, 3.05) is 5.73 Å². The van der Waals surface area contributed by atoms with Gasteiger partial charge in [0.15, 0.2) is 0 Å². The predicted octanol–water partition coefficient (Wildman–Crippen LogP) is 1.33. The number of nitrogens with two attached hydrogens (primary N) is 1. The zero-order chi connectivity index (χ0) is 12.2. The van der Waals surface area contributed by atoms with Gasteiger partial charge in [0.25, 0.3) is 0 Å². The first-order valence-electron chi connectivity index (χ1n) is 5.82. The second kappa shape index (κ2) is 3.32. The predicted molar refractivity (Wildman–Crippen MR) is 62.7 cm³/mol. The number of anilines is 1. The summed E-state index contributed by atoms with van der Waals surface area (Å²) in [5.41, 5.74) is 7.25. The number of hydrogen-bond acceptors (Lipinski definition) is 3. The summed E-state index contributed by atoms with van der Waals surface area (Å²) in [4.78, 5) is 25.2. The van der Waals surface area contributed by atoms with Crippen LogP contribution in [0.5, 0.6) is 0 Å². The van der Waals surface area contributed by atoms with E-state index in [1.807, 2.05) is 19.1 Å². The Labute approximate surface area is 99.4 Å². The van der Waals surface area contributed by atoms with E-state index in [9.17, 15) is 9.59 Å². The first-order valence-corrected chi connectivity index (χ1v) is 5.82. The SMILES string of the molecule is CC(c1ccc(N)cc1)N1C(=O)C2CC2C1=O. The van der Waals surface area contributed by atoms with Crippen molar-refractivity contribution in [2.45, 2.75) is 19.4 Å². The lowest BCUT2D eigenvalue weighted by atomic mass is 10.1. The molecule has 3 atom stereocenters. The lowest BCUT2D eigenvalue weighted by Crippen LogP contribution is -2.35. The summed E-state index contributed by atoms with van der Waals surface area (Å²) in [7, 11) is 0. The van der Waals surface area contributed by atoms with Crippen LogP contribution in [0.4, 0.5) is 5.69 Å². The fourth-order valence-corrected chi connectivity index (χ4v) is 2.51. The summed E-state index contributed by atoms with van der Waals surface area (Å²) in [6, 6.07) is 7.12. The summed E-state index contributed by atoms with van der Waals surface area (Å²) in [6.45, 7) is 1.88. The number of piperidine rings is 1. The molecule has 3 rings (SSSR count). The Morgan fingerprint density at radius 2 is 1.71 bits per heavy atom. The van der Waals surface area contributed by atoms with Gasteiger partial charge in [-0.3, -0.25) is 14.5 Å². The van der Waals surface area contributed by atoms with Gasteiger partial charge < -0.3 is 5.73 Å². The fourth-order valence-electron chi connectivity index (χ4n) is 2.51. The van der Waals surface area contributed by atoms with Gasteiger partial charge in [-0.15, -0.1) is 0 Å². The highest BCUT2D eigenvalue weighted by molar-refractivity contribution is 6.09. The number of hydrogen-bond donors (Lipinski definition) is 1. The average molecular weight is 230 g/mol. The second-order valence-electron chi connectivity index (χ2n) is 4.84. The Bertz CT molecular complexity index is 475. The minimum Gasteiger partial charge on any atom is -0.399 e. The smallest absolute Gasteiger partial charge is 0.233 e. The molecule has 1 heterocycles. The van der Waals surface area contributed by atoms with Gasteiger partial charge in [0.2, 0.25) is 11.8 Å². The molecule has 0 bridgehead atoms. The molecule has 1 aliphatic heterocycles. The zero-order valence-corrected chi connectivity index (χ0v) is 9.59. The molecule has 4 nitrogen and oxygen atoms in total. The molecule has 88 valence electrons. The van der Waals surface area contributed by atoms with Crippen LogP contribution in [0.2, 0.25) is 0 Å². The largest absolute Gasteiger partial charge is 0.399 e. The quantitative estimate of drug-likeness (QED) is 0.616. The molecule has 1 saturated carbocycles. The number of carbonyl (C=O) groups is 2. The van der Waals surface area contributed by atoms with Crippen molar-refractivity contribution in [1.82, 2.24) is 4.90 Å². The van der Waals surface area contributed by atoms with E-state index in [0.717, 1.165) is 12.0 Å². The fraction of sp³-hybridized carbons (Fsp3) is 0.385. The van der Waals surface area contributed by atoms with Crippen LogP contribution >= 0.6 is 0 Å². The van der Waals surface area contributed by atoms with Gasteiger partial charge in [-0.1, -0.05) is 12.1 Å². The van der Waals surface area contributed by atoms with Gasteiger partial charge in [0, 0.05) is 5.69 Å². The lowest BCUT2D eigenvalue weighted by Gasteiger charge is -2.24. The summed E-state index contributed by atoms with van der Waals surface area (Å²) in [5, 5.41) is 0. The molecule has 4 heteroatoms. The third-order valence-corrected chi connectivity index (χ3v) is 3.71. The van der Waals surface area contributed by atoms with Crippen molar-refractivity contribution >= 4 is 17.5 Å². The molecule has 0 aromatic heterocycles. The summed E-state index contributed by atoms with van der Waals surface area (Å²) in [6.07, 6.45) is 0.753. The first kappa shape index (κ1) is 10.3. The number of nitrogens with zero attached hydrogens (tertiary/aromatic N) is 1. The zero-order valence-electron chi connectivity index (χ0n) is 9.59. The number of fused-ring (bicyclic) bond motifs is 1. The van der Waals surface area contributed by atoms with Crippen LogP contribution in [0.1, 0.15) is 24.9 Å². The van der Waals surface area contributed by atoms with E-state index in [2.05, 4.69) is 0 Å². The monoisotopic (exact) mass is 230 g/mol. The highest BCUT2D eigenvalue weighted by Gasteiger charge is 2.59. The van der Waals surface area contributed by atoms with E-state index in [4.69, 9.17) is 5.73 Å². The molecule has 1 aromatic carbocycles. The standard InChI is InChI=1S/C13H14N2O2/c1-7(8-2-4-9(14)5-3-8)15-12(16)10-6-11(10)13(15)17/h2-5,7,10-11H,6,14H2,1H3. The maximum atomic E-state index is 11.9. The molecule has 2 fully saturated rings. The molecule has 1 aromatic rings. The van der Waals surface area contributed by atoms with E-state index >= 15 is 0 Å². The number of nitrogen functional groups attached to an aromatic ring is 1. The Kier molecular flexibility index (Phi) is 2.02. The van der Waals surface area contributed by atoms with Gasteiger partial charge in [0.1, 0.15) is 0 Å². The van der Waals surface area contributed by atoms with Crippen LogP contribution in [0.15, 0.2) is 24.3 Å². The van der Waals surface area contributed by atoms with E-state index in [1.165, 1.54) is 4.90 Å². The van der Waals surface area contributed by atoms with Crippen LogP contribution in [0.3, 0.4) is 0 Å². The van der Waals surface area contributed by atoms with Crippen molar-refractivity contribution in [1.29, 1.82) is 0 Å². The molecule has 0 radical (unpaired) electrons. The molecule has 1 saturated heterocycles. The number of likely N-dealkylation sites (tertiary alicyclic amines) is 1. The molecule has 2 aliphatic rings. The topological polar surface area (TPSA) is 63.4 Å². The van der Waals surface area contributed by atoms with Crippen LogP contribution in [0, 0.1) is 11.8 Å². The van der Waals surface area contributed by atoms with Crippen LogP contribution in [-0.4, -0.2) is 16.7 Å². The van der Waals surface area contributed by atoms with Crippen LogP contribution in [0.25, 0.3) is 0 Å². The van der Waals surface area contributed by atoms with E-state index in [1.54, 1.807) is 12.1 Å². The second-order valence-corrected chi connectivity index (χ2v) is 4.84. The van der Waals surface area contributed by atoms with Gasteiger partial charge in [-0.25, -0.2) is 0 Å². The Hall–Kier alpha value is -1.84. The first-order chi connectivity index (χ1) is 8.09. The molecule has 17 heavy (non-hydrogen) atoms. The minimum absolute atomic E-state index is 0.00988. The van der Waals surface area contributed by atoms with Crippen LogP contribution in [-0.2, 0) is 9.59 Å². The molecule has 1 aliphatic carbocycles. The third-order valence-electron chi connectivity index (χ3n) is 3.71. The Morgan fingerprint density at radius 1 is 1.18 bits per heavy atom. The molecule has 2 amide bonds. The summed E-state index contributed by atoms with van der Waals surface area (Å²) in [5.74, 6) is -0.0777. The molecular weight excluding hydrogens is 216 g/mol. The highest BCUT2D eigenvalue weighted by atomic mass is 16.2. The average Bonchev–Trinajstić information content (AvgIpc) is 3.05. The number of imide groups is 1. The Balaban J connectivity index is 1.87. The van der Waals surface area contributed by atoms with Crippen LogP contribution < -0.4 is 5.73 Å². The van der Waals surface area contributed by atoms with Crippen molar-refractivity contribution < 1.29 is 9.59 Å². The maximum Gasteiger partial charge on any atom is 0.233 e. The number of rotatable bonds is 2. The third kappa shape index (κ3) is 1.44. The van der Waals surface area contributed by atoms with Gasteiger partial charge in [0.05, 0.1) is 17.9 Å². The molecule has 0 spiro atoms. The Morgan fingerprint density at radius 3 is 2.24 bits per heavy atom.